The Morgan fingerprint density at radius 3 is 2.63 bits per heavy atom. The normalized spacial score (nSPS) is 16.7. The van der Waals surface area contributed by atoms with E-state index in [2.05, 4.69) is 5.10 Å². The van der Waals surface area contributed by atoms with Gasteiger partial charge in [-0.3, -0.25) is 9.48 Å². The summed E-state index contributed by atoms with van der Waals surface area (Å²) < 4.78 is 39.0. The average Bonchev–Trinajstić information content (AvgIpc) is 3.23. The van der Waals surface area contributed by atoms with E-state index in [4.69, 9.17) is 14.6 Å². The van der Waals surface area contributed by atoms with Crippen molar-refractivity contribution in [3.05, 3.63) is 40.3 Å². The Balaban J connectivity index is 0.000000321. The summed E-state index contributed by atoms with van der Waals surface area (Å²) >= 11 is 1.55. The first-order valence-electron chi connectivity index (χ1n) is 7.83. The maximum absolute atomic E-state index is 12.6. The number of nitrogens with zero attached hydrogens (tertiary/aromatic N) is 3. The highest BCUT2D eigenvalue weighted by Crippen LogP contribution is 2.19. The molecule has 0 fully saturated rings. The second-order valence-corrected chi connectivity index (χ2v) is 6.61. The number of rotatable bonds is 3. The van der Waals surface area contributed by atoms with E-state index >= 15 is 0 Å². The topological polar surface area (TPSA) is 84.7 Å². The van der Waals surface area contributed by atoms with Gasteiger partial charge in [0, 0.05) is 37.7 Å². The van der Waals surface area contributed by atoms with E-state index in [0.717, 1.165) is 17.8 Å². The van der Waals surface area contributed by atoms with E-state index in [9.17, 15) is 18.0 Å². The molecule has 1 unspecified atom stereocenters. The largest absolute Gasteiger partial charge is 0.490 e. The van der Waals surface area contributed by atoms with Gasteiger partial charge in [-0.25, -0.2) is 4.79 Å². The first-order chi connectivity index (χ1) is 12.7. The van der Waals surface area contributed by atoms with Crippen molar-refractivity contribution in [1.82, 2.24) is 14.7 Å². The fourth-order valence-corrected chi connectivity index (χ4v) is 3.23. The number of thiophene rings is 1. The van der Waals surface area contributed by atoms with Crippen LogP contribution in [0.3, 0.4) is 0 Å². The van der Waals surface area contributed by atoms with Crippen LogP contribution < -0.4 is 0 Å². The smallest absolute Gasteiger partial charge is 0.475 e. The summed E-state index contributed by atoms with van der Waals surface area (Å²) in [5.41, 5.74) is 1.84. The molecule has 0 saturated heterocycles. The monoisotopic (exact) mass is 405 g/mol. The van der Waals surface area contributed by atoms with E-state index in [1.54, 1.807) is 24.6 Å². The molecule has 0 aliphatic carbocycles. The minimum absolute atomic E-state index is 0.0852. The van der Waals surface area contributed by atoms with Gasteiger partial charge in [-0.15, -0.1) is 0 Å². The molecule has 0 radical (unpaired) electrons. The molecule has 0 spiro atoms. The lowest BCUT2D eigenvalue weighted by molar-refractivity contribution is -0.192. The van der Waals surface area contributed by atoms with E-state index in [0.29, 0.717) is 19.7 Å². The standard InChI is InChI=1S/C14H17N3O2S.C2HF3O2/c1-19-9-11-6-16(14(18)12-3-5-20-10-12)8-13-2-4-15-17(13)7-11;3-2(4,5)1(6)7/h2-5,10-11H,6-9H2,1H3;(H,6,7). The van der Waals surface area contributed by atoms with Crippen molar-refractivity contribution in [2.75, 3.05) is 20.3 Å². The molecule has 3 rings (SSSR count). The lowest BCUT2D eigenvalue weighted by Crippen LogP contribution is -2.35. The quantitative estimate of drug-likeness (QED) is 0.848. The van der Waals surface area contributed by atoms with Gasteiger partial charge in [-0.2, -0.15) is 29.6 Å². The van der Waals surface area contributed by atoms with Gasteiger partial charge in [-0.05, 0) is 17.5 Å². The number of aliphatic carboxylic acids is 1. The zero-order valence-corrected chi connectivity index (χ0v) is 15.2. The van der Waals surface area contributed by atoms with Crippen molar-refractivity contribution in [2.45, 2.75) is 19.3 Å². The molecule has 1 aliphatic rings. The highest BCUT2D eigenvalue weighted by molar-refractivity contribution is 7.08. The Hall–Kier alpha value is -2.40. The van der Waals surface area contributed by atoms with E-state index < -0.39 is 12.1 Å². The number of carbonyl (C=O) groups is 2. The lowest BCUT2D eigenvalue weighted by Gasteiger charge is -2.23. The molecule has 2 aromatic rings. The van der Waals surface area contributed by atoms with Crippen LogP contribution in [0.2, 0.25) is 0 Å². The number of carboxylic acids is 1. The zero-order chi connectivity index (χ0) is 20.0. The predicted octanol–water partition coefficient (Wildman–Crippen LogP) is 2.50. The summed E-state index contributed by atoms with van der Waals surface area (Å²) in [4.78, 5) is 23.3. The molecule has 1 aliphatic heterocycles. The maximum Gasteiger partial charge on any atom is 0.490 e. The van der Waals surface area contributed by atoms with Crippen LogP contribution in [0.1, 0.15) is 16.1 Å². The third-order valence-corrected chi connectivity index (χ3v) is 4.45. The summed E-state index contributed by atoms with van der Waals surface area (Å²) in [6, 6.07) is 3.85. The van der Waals surface area contributed by atoms with Crippen LogP contribution in [0.25, 0.3) is 0 Å². The molecule has 27 heavy (non-hydrogen) atoms. The first kappa shape index (κ1) is 20.9. The van der Waals surface area contributed by atoms with Crippen LogP contribution in [0.5, 0.6) is 0 Å². The van der Waals surface area contributed by atoms with Crippen molar-refractivity contribution in [1.29, 1.82) is 0 Å². The molecule has 7 nitrogen and oxygen atoms in total. The first-order valence-corrected chi connectivity index (χ1v) is 8.78. The SMILES string of the molecule is COCC1CN(C(=O)c2ccsc2)Cc2ccnn2C1.O=C(O)C(F)(F)F. The van der Waals surface area contributed by atoms with E-state index in [1.807, 2.05) is 32.5 Å². The van der Waals surface area contributed by atoms with Crippen molar-refractivity contribution >= 4 is 23.2 Å². The molecule has 3 heterocycles. The second-order valence-electron chi connectivity index (χ2n) is 5.83. The summed E-state index contributed by atoms with van der Waals surface area (Å²) in [6.45, 7) is 2.73. The highest BCUT2D eigenvalue weighted by atomic mass is 32.1. The number of methoxy groups -OCH3 is 1. The van der Waals surface area contributed by atoms with Crippen LogP contribution in [-0.4, -0.2) is 58.1 Å². The Morgan fingerprint density at radius 1 is 1.37 bits per heavy atom. The molecule has 0 saturated carbocycles. The molecular formula is C16H18F3N3O4S. The van der Waals surface area contributed by atoms with Crippen LogP contribution >= 0.6 is 11.3 Å². The number of carbonyl (C=O) groups excluding carboxylic acids is 1. The Kier molecular flexibility index (Phi) is 6.97. The van der Waals surface area contributed by atoms with Gasteiger partial charge in [-0.1, -0.05) is 0 Å². The van der Waals surface area contributed by atoms with E-state index in [-0.39, 0.29) is 11.8 Å². The van der Waals surface area contributed by atoms with Crippen LogP contribution in [0.15, 0.2) is 29.1 Å². The molecule has 0 aromatic carbocycles. The van der Waals surface area contributed by atoms with Gasteiger partial charge >= 0.3 is 12.1 Å². The summed E-state index contributed by atoms with van der Waals surface area (Å²) in [6.07, 6.45) is -3.29. The molecule has 11 heteroatoms. The Bertz CT molecular complexity index is 761. The van der Waals surface area contributed by atoms with Gasteiger partial charge in [0.05, 0.1) is 24.4 Å². The summed E-state index contributed by atoms with van der Waals surface area (Å²) in [5.74, 6) is -2.40. The third-order valence-electron chi connectivity index (χ3n) is 3.77. The van der Waals surface area contributed by atoms with Gasteiger partial charge in [0.25, 0.3) is 5.91 Å². The number of fused-ring (bicyclic) bond motifs is 1. The number of hydrogen-bond acceptors (Lipinski definition) is 5. The minimum Gasteiger partial charge on any atom is -0.475 e. The van der Waals surface area contributed by atoms with Crippen molar-refractivity contribution < 1.29 is 32.6 Å². The number of aromatic nitrogens is 2. The fraction of sp³-hybridized carbons (Fsp3) is 0.438. The predicted molar refractivity (Wildman–Crippen MR) is 90.3 cm³/mol. The second kappa shape index (κ2) is 9.00. The molecule has 1 N–H and O–H groups in total. The number of halogens is 3. The lowest BCUT2D eigenvalue weighted by atomic mass is 10.1. The molecule has 2 aromatic heterocycles. The Labute approximate surface area is 157 Å². The fourth-order valence-electron chi connectivity index (χ4n) is 2.60. The van der Waals surface area contributed by atoms with Crippen LogP contribution in [0.4, 0.5) is 13.2 Å². The van der Waals surface area contributed by atoms with Crippen LogP contribution in [-0.2, 0) is 22.6 Å². The number of hydrogen-bond donors (Lipinski definition) is 1. The minimum atomic E-state index is -5.08. The van der Waals surface area contributed by atoms with Crippen molar-refractivity contribution in [3.63, 3.8) is 0 Å². The van der Waals surface area contributed by atoms with Gasteiger partial charge in [0.15, 0.2) is 0 Å². The van der Waals surface area contributed by atoms with Crippen molar-refractivity contribution in [3.8, 4) is 0 Å². The Morgan fingerprint density at radius 2 is 2.07 bits per heavy atom. The molecule has 148 valence electrons. The third kappa shape index (κ3) is 5.79. The molecule has 1 atom stereocenters. The highest BCUT2D eigenvalue weighted by Gasteiger charge is 2.38. The van der Waals surface area contributed by atoms with Gasteiger partial charge < -0.3 is 14.7 Å². The van der Waals surface area contributed by atoms with Crippen LogP contribution in [0, 0.1) is 5.92 Å². The van der Waals surface area contributed by atoms with Gasteiger partial charge in [0.2, 0.25) is 0 Å². The number of alkyl halides is 3. The molecule has 0 bridgehead atoms. The van der Waals surface area contributed by atoms with E-state index in [1.165, 1.54) is 0 Å². The van der Waals surface area contributed by atoms with Gasteiger partial charge in [0.1, 0.15) is 0 Å². The molecular weight excluding hydrogens is 387 g/mol. The molecule has 1 amide bonds. The summed E-state index contributed by atoms with van der Waals surface area (Å²) in [5, 5.41) is 15.3. The average molecular weight is 405 g/mol. The zero-order valence-electron chi connectivity index (χ0n) is 14.3. The maximum atomic E-state index is 12.6. The van der Waals surface area contributed by atoms with Crippen molar-refractivity contribution in [2.24, 2.45) is 5.92 Å². The summed E-state index contributed by atoms with van der Waals surface area (Å²) in [7, 11) is 1.69. The number of amides is 1. The number of ether oxygens (including phenoxy) is 1. The number of carboxylic acid groups (broad SMARTS) is 1.